The smallest absolute Gasteiger partial charge is 0.465 e. The van der Waals surface area contributed by atoms with E-state index in [1.54, 1.807) is 10.6 Å². The molecule has 388 valence electrons. The summed E-state index contributed by atoms with van der Waals surface area (Å²) >= 11 is 0. The van der Waals surface area contributed by atoms with Crippen LogP contribution in [0.25, 0.3) is 0 Å². The number of nitrogens with one attached hydrogen (secondary N) is 4. The van der Waals surface area contributed by atoms with Gasteiger partial charge in [0.1, 0.15) is 0 Å². The molecule has 19 heteroatoms. The van der Waals surface area contributed by atoms with E-state index in [0.29, 0.717) is 19.4 Å². The molecular weight excluding hydrogens is 899 g/mol. The van der Waals surface area contributed by atoms with Crippen LogP contribution in [0, 0.1) is 5.92 Å². The van der Waals surface area contributed by atoms with Crippen molar-refractivity contribution in [3.05, 3.63) is 12.2 Å². The van der Waals surface area contributed by atoms with E-state index in [4.69, 9.17) is 14.2 Å². The number of guanidine groups is 1. The number of rotatable bonds is 27. The highest BCUT2D eigenvalue weighted by Crippen LogP contribution is 2.46. The zero-order valence-electron chi connectivity index (χ0n) is 40.5. The SMILES string of the molecule is CC[C@@H]1C=CCC[C@]2(C[C@H]3CC[C@H]4[C@@H](C(=O)OCCCCCCCCCCCCCCCC(=O)N(CCCCNC(=O)C(F)(F)F)CCCNC(=O)C(F)(F)F)[C@@]5(CCC[C@H](C)O5)NC(=[N+]34)N2)O1. The predicted molar refractivity (Wildman–Crippen MR) is 244 cm³/mol. The second kappa shape index (κ2) is 26.6. The number of nitrogens with zero attached hydrogens (tertiary/aromatic N) is 2. The van der Waals surface area contributed by atoms with Crippen LogP contribution in [-0.2, 0) is 33.4 Å². The largest absolute Gasteiger partial charge is 0.471 e. The van der Waals surface area contributed by atoms with Crippen molar-refractivity contribution in [2.24, 2.45) is 5.92 Å². The summed E-state index contributed by atoms with van der Waals surface area (Å²) in [5, 5.41) is 11.2. The van der Waals surface area contributed by atoms with Crippen LogP contribution in [0.15, 0.2) is 12.2 Å². The Morgan fingerprint density at radius 3 is 1.99 bits per heavy atom. The highest BCUT2D eigenvalue weighted by molar-refractivity contribution is 5.83. The molecule has 7 atom stereocenters. The van der Waals surface area contributed by atoms with Crippen molar-refractivity contribution in [3.63, 3.8) is 0 Å². The summed E-state index contributed by atoms with van der Waals surface area (Å²) in [4.78, 5) is 50.6. The van der Waals surface area contributed by atoms with Gasteiger partial charge in [-0.25, -0.2) is 10.6 Å². The van der Waals surface area contributed by atoms with Crippen molar-refractivity contribution in [2.75, 3.05) is 32.8 Å². The van der Waals surface area contributed by atoms with Crippen LogP contribution in [0.1, 0.15) is 181 Å². The molecule has 4 N–H and O–H groups in total. The van der Waals surface area contributed by atoms with Gasteiger partial charge in [0.15, 0.2) is 11.6 Å². The fourth-order valence-electron chi connectivity index (χ4n) is 10.8. The van der Waals surface area contributed by atoms with E-state index in [2.05, 4.69) is 41.2 Å². The Labute approximate surface area is 399 Å². The molecule has 0 aliphatic carbocycles. The minimum atomic E-state index is -5.01. The predicted octanol–water partition coefficient (Wildman–Crippen LogP) is 8.59. The van der Waals surface area contributed by atoms with E-state index in [9.17, 15) is 45.5 Å². The van der Waals surface area contributed by atoms with E-state index in [0.717, 1.165) is 134 Å². The molecule has 5 aliphatic heterocycles. The zero-order chi connectivity index (χ0) is 49.2. The van der Waals surface area contributed by atoms with Gasteiger partial charge in [-0.2, -0.15) is 26.3 Å². The van der Waals surface area contributed by atoms with Gasteiger partial charge in [0.25, 0.3) is 0 Å². The topological polar surface area (TPSA) is 150 Å². The number of carbonyl (C=O) groups excluding carboxylic acids is 4. The molecule has 3 amide bonds. The first-order valence-electron chi connectivity index (χ1n) is 25.9. The normalized spacial score (nSPS) is 26.7. The molecule has 0 bridgehead atoms. The highest BCUT2D eigenvalue weighted by atomic mass is 19.4. The quantitative estimate of drug-likeness (QED) is 0.0209. The molecule has 0 aromatic rings. The van der Waals surface area contributed by atoms with E-state index in [1.165, 1.54) is 11.3 Å². The lowest BCUT2D eigenvalue weighted by molar-refractivity contribution is -0.609. The van der Waals surface area contributed by atoms with Crippen molar-refractivity contribution < 1.29 is 64.3 Å². The Kier molecular flexibility index (Phi) is 21.6. The number of alkyl halides is 6. The van der Waals surface area contributed by atoms with Gasteiger partial charge in [0.05, 0.1) is 30.9 Å². The fourth-order valence-corrected chi connectivity index (χ4v) is 10.8. The first kappa shape index (κ1) is 55.3. The van der Waals surface area contributed by atoms with Gasteiger partial charge >= 0.3 is 36.1 Å². The number of hydrogen-bond acceptors (Lipinski definition) is 9. The third kappa shape index (κ3) is 16.5. The second-order valence-corrected chi connectivity index (χ2v) is 19.7. The van der Waals surface area contributed by atoms with Gasteiger partial charge in [-0.1, -0.05) is 89.7 Å². The molecule has 0 aromatic heterocycles. The maximum absolute atomic E-state index is 14.1. The average molecular weight is 978 g/mol. The molecule has 13 nitrogen and oxygen atoms in total. The number of hydrogen-bond donors (Lipinski definition) is 4. The Balaban J connectivity index is 0.915. The Morgan fingerprint density at radius 2 is 1.37 bits per heavy atom. The molecule has 5 heterocycles. The highest BCUT2D eigenvalue weighted by Gasteiger charge is 2.64. The number of esters is 1. The first-order valence-corrected chi connectivity index (χ1v) is 25.9. The fraction of sp³-hybridized carbons (Fsp3) is 0.857. The molecule has 68 heavy (non-hydrogen) atoms. The Morgan fingerprint density at radius 1 is 0.765 bits per heavy atom. The van der Waals surface area contributed by atoms with E-state index < -0.39 is 41.5 Å². The minimum absolute atomic E-state index is 0.00932. The Bertz CT molecular complexity index is 1700. The molecule has 2 spiro atoms. The van der Waals surface area contributed by atoms with Crippen LogP contribution in [-0.4, -0.2) is 120 Å². The third-order valence-electron chi connectivity index (χ3n) is 14.3. The van der Waals surface area contributed by atoms with E-state index in [-0.39, 0.29) is 81.6 Å². The van der Waals surface area contributed by atoms with Gasteiger partial charge in [-0.15, -0.1) is 0 Å². The van der Waals surface area contributed by atoms with Gasteiger partial charge in [0, 0.05) is 51.9 Å². The maximum atomic E-state index is 14.1. The van der Waals surface area contributed by atoms with Crippen LogP contribution >= 0.6 is 0 Å². The molecule has 5 rings (SSSR count). The van der Waals surface area contributed by atoms with Crippen LogP contribution < -0.4 is 21.3 Å². The molecule has 0 aromatic carbocycles. The van der Waals surface area contributed by atoms with Crippen molar-refractivity contribution in [2.45, 2.75) is 229 Å². The summed E-state index contributed by atoms with van der Waals surface area (Å²) in [6, 6.07) is 0.292. The van der Waals surface area contributed by atoms with Crippen LogP contribution in [0.4, 0.5) is 26.3 Å². The van der Waals surface area contributed by atoms with Gasteiger partial charge in [0.2, 0.25) is 11.6 Å². The average Bonchev–Trinajstić information content (AvgIpc) is 3.59. The molecule has 0 radical (unpaired) electrons. The second-order valence-electron chi connectivity index (χ2n) is 19.7. The van der Waals surface area contributed by atoms with E-state index >= 15 is 0 Å². The number of ether oxygens (including phenoxy) is 3. The molecular formula is C49H79F6N6O7+. The molecule has 2 fully saturated rings. The molecule has 0 saturated carbocycles. The number of unbranched alkanes of at least 4 members (excludes halogenated alkanes) is 13. The van der Waals surface area contributed by atoms with Gasteiger partial charge < -0.3 is 29.7 Å². The summed E-state index contributed by atoms with van der Waals surface area (Å²) in [6.45, 7) is 4.42. The van der Waals surface area contributed by atoms with Crippen molar-refractivity contribution in [1.82, 2.24) is 26.2 Å². The summed E-state index contributed by atoms with van der Waals surface area (Å²) in [5.41, 5.74) is -1.26. The third-order valence-corrected chi connectivity index (χ3v) is 14.3. The minimum Gasteiger partial charge on any atom is -0.465 e. The van der Waals surface area contributed by atoms with E-state index in [1.807, 2.05) is 0 Å². The number of carbonyl (C=O) groups is 4. The monoisotopic (exact) mass is 978 g/mol. The van der Waals surface area contributed by atoms with Crippen LogP contribution in [0.5, 0.6) is 0 Å². The summed E-state index contributed by atoms with van der Waals surface area (Å²) < 4.78 is 96.8. The molecule has 5 aliphatic rings. The van der Waals surface area contributed by atoms with Crippen LogP contribution in [0.3, 0.4) is 0 Å². The van der Waals surface area contributed by atoms with Gasteiger partial charge in [-0.3, -0.25) is 23.8 Å². The lowest BCUT2D eigenvalue weighted by atomic mass is 9.80. The lowest BCUT2D eigenvalue weighted by Gasteiger charge is -2.50. The lowest BCUT2D eigenvalue weighted by Crippen LogP contribution is -2.76. The standard InChI is InChI=1S/C49H78F6N6O7/c1-3-38-24-16-17-28-46(68-38)35-37-26-27-39-41(47(29-21-23-36(2)67-47)59-45(58-46)61(37)39)42(63)66-34-20-14-12-10-8-6-4-5-7-9-11-13-15-25-40(62)60(33-22-31-57-44(65)49(53,54)55)32-19-18-30-56-43(64)48(50,51)52/h16,24,36-39,41H,3-15,17-23,25-35H2,1-2H3,(H3,56,57,58,59,64,65)/p+1/t36-,37+,38+,39-,41-,46+,47-/m0/s1. The number of amides is 3. The zero-order valence-corrected chi connectivity index (χ0v) is 40.5. The summed E-state index contributed by atoms with van der Waals surface area (Å²) in [7, 11) is 0. The maximum Gasteiger partial charge on any atom is 0.471 e. The summed E-state index contributed by atoms with van der Waals surface area (Å²) in [5.74, 6) is -3.93. The van der Waals surface area contributed by atoms with Gasteiger partial charge in [-0.05, 0) is 77.6 Å². The molecule has 0 unspecified atom stereocenters. The van der Waals surface area contributed by atoms with Crippen LogP contribution in [0.2, 0.25) is 0 Å². The van der Waals surface area contributed by atoms with Crippen molar-refractivity contribution >= 4 is 29.7 Å². The van der Waals surface area contributed by atoms with Crippen molar-refractivity contribution in [1.29, 1.82) is 0 Å². The Hall–Kier alpha value is -3.61. The van der Waals surface area contributed by atoms with Crippen molar-refractivity contribution in [3.8, 4) is 0 Å². The number of halogens is 6. The number of allylic oxidation sites excluding steroid dienone is 1. The molecule has 2 saturated heterocycles. The first-order chi connectivity index (χ1) is 32.5. The summed E-state index contributed by atoms with van der Waals surface area (Å²) in [6.07, 6.45) is 16.9.